The number of benzene rings is 2. The summed E-state index contributed by atoms with van der Waals surface area (Å²) in [6, 6.07) is 10.5. The number of aromatic nitrogens is 1. The lowest BCUT2D eigenvalue weighted by molar-refractivity contribution is -0.136. The minimum atomic E-state index is -3.90. The molecule has 2 heterocycles. The third kappa shape index (κ3) is 4.43. The molecule has 5 rings (SSSR count). The average Bonchev–Trinajstić information content (AvgIpc) is 3.47. The third-order valence-corrected chi connectivity index (χ3v) is 8.71. The van der Waals surface area contributed by atoms with Crippen molar-refractivity contribution in [2.75, 3.05) is 17.8 Å². The number of piperidine rings is 1. The van der Waals surface area contributed by atoms with Crippen LogP contribution in [0.5, 0.6) is 0 Å². The Balaban J connectivity index is 1.36. The average molecular weight is 484 g/mol. The van der Waals surface area contributed by atoms with Crippen LogP contribution in [-0.4, -0.2) is 36.9 Å². The molecule has 2 aromatic carbocycles. The number of aryl methyl sites for hydroxylation is 1. The highest BCUT2D eigenvalue weighted by Gasteiger charge is 2.31. The molecule has 6 nitrogen and oxygen atoms in total. The van der Waals surface area contributed by atoms with Gasteiger partial charge < -0.3 is 9.47 Å². The number of nitrogens with one attached hydrogen (secondary N) is 1. The molecule has 1 aliphatic carbocycles. The van der Waals surface area contributed by atoms with Crippen molar-refractivity contribution in [2.24, 2.45) is 13.0 Å². The van der Waals surface area contributed by atoms with Gasteiger partial charge in [-0.3, -0.25) is 9.52 Å². The minimum absolute atomic E-state index is 0.111. The number of nitrogens with zero attached hydrogens (tertiary/aromatic N) is 2. The molecular weight excluding hydrogens is 453 g/mol. The number of hydrogen-bond donors (Lipinski definition) is 1. The van der Waals surface area contributed by atoms with Gasteiger partial charge in [-0.15, -0.1) is 0 Å². The van der Waals surface area contributed by atoms with Gasteiger partial charge >= 0.3 is 0 Å². The summed E-state index contributed by atoms with van der Waals surface area (Å²) in [6.07, 6.45) is 8.29. The van der Waals surface area contributed by atoms with E-state index in [0.717, 1.165) is 68.6 Å². The number of likely N-dealkylation sites (tertiary alicyclic amines) is 1. The summed E-state index contributed by atoms with van der Waals surface area (Å²) in [5, 5.41) is 1.00. The van der Waals surface area contributed by atoms with E-state index >= 15 is 0 Å². The summed E-state index contributed by atoms with van der Waals surface area (Å²) in [4.78, 5) is 14.7. The van der Waals surface area contributed by atoms with Crippen LogP contribution in [0.15, 0.2) is 53.6 Å². The van der Waals surface area contributed by atoms with Crippen LogP contribution < -0.4 is 4.72 Å². The maximum absolute atomic E-state index is 13.6. The lowest BCUT2D eigenvalue weighted by Crippen LogP contribution is -2.40. The summed E-state index contributed by atoms with van der Waals surface area (Å²) in [6.45, 7) is 1.53. The molecule has 34 heavy (non-hydrogen) atoms. The Labute approximate surface area is 199 Å². The van der Waals surface area contributed by atoms with Crippen molar-refractivity contribution in [3.63, 3.8) is 0 Å². The molecule has 1 amide bonds. The second-order valence-corrected chi connectivity index (χ2v) is 11.3. The molecule has 1 aliphatic heterocycles. The van der Waals surface area contributed by atoms with Gasteiger partial charge in [-0.05, 0) is 73.6 Å². The molecule has 1 saturated carbocycles. The Bertz CT molecular complexity index is 1320. The highest BCUT2D eigenvalue weighted by atomic mass is 32.2. The van der Waals surface area contributed by atoms with Crippen LogP contribution in [0.25, 0.3) is 10.9 Å². The summed E-state index contributed by atoms with van der Waals surface area (Å²) in [5.74, 6) is 0.249. The van der Waals surface area contributed by atoms with Gasteiger partial charge in [-0.2, -0.15) is 0 Å². The van der Waals surface area contributed by atoms with E-state index in [2.05, 4.69) is 15.5 Å². The van der Waals surface area contributed by atoms with Crippen molar-refractivity contribution < 1.29 is 17.6 Å². The first-order valence-electron chi connectivity index (χ1n) is 12.0. The molecule has 2 aliphatic rings. The van der Waals surface area contributed by atoms with Crippen molar-refractivity contribution in [1.82, 2.24) is 9.47 Å². The quantitative estimate of drug-likeness (QED) is 0.554. The molecule has 8 heteroatoms. The number of halogens is 1. The summed E-state index contributed by atoms with van der Waals surface area (Å²) >= 11 is 0. The number of amides is 1. The predicted molar refractivity (Wildman–Crippen MR) is 131 cm³/mol. The Hall–Kier alpha value is -2.87. The molecule has 1 saturated heterocycles. The number of fused-ring (bicyclic) bond motifs is 1. The van der Waals surface area contributed by atoms with E-state index in [1.165, 1.54) is 23.8 Å². The van der Waals surface area contributed by atoms with Crippen molar-refractivity contribution in [3.8, 4) is 0 Å². The monoisotopic (exact) mass is 483 g/mol. The van der Waals surface area contributed by atoms with Crippen LogP contribution >= 0.6 is 0 Å². The van der Waals surface area contributed by atoms with Gasteiger partial charge in [0.15, 0.2) is 0 Å². The maximum Gasteiger partial charge on any atom is 0.261 e. The SMILES string of the molecule is Cn1cc(C2CCN(C(=O)C3CCCC3)CC2)c2cc(NS(=O)(=O)c3cccc(F)c3)ccc21. The van der Waals surface area contributed by atoms with E-state index in [4.69, 9.17) is 0 Å². The van der Waals surface area contributed by atoms with Crippen molar-refractivity contribution in [3.05, 3.63) is 60.0 Å². The molecule has 0 radical (unpaired) electrons. The smallest absolute Gasteiger partial charge is 0.261 e. The number of rotatable bonds is 5. The zero-order valence-electron chi connectivity index (χ0n) is 19.3. The second kappa shape index (κ2) is 9.06. The number of sulfonamides is 1. The molecule has 2 fully saturated rings. The number of carbonyl (C=O) groups excluding carboxylic acids is 1. The van der Waals surface area contributed by atoms with Crippen LogP contribution in [0, 0.1) is 11.7 Å². The van der Waals surface area contributed by atoms with Crippen LogP contribution in [0.4, 0.5) is 10.1 Å². The molecule has 1 aromatic heterocycles. The lowest BCUT2D eigenvalue weighted by atomic mass is 9.88. The van der Waals surface area contributed by atoms with Crippen molar-refractivity contribution in [2.45, 2.75) is 49.3 Å². The molecular formula is C26H30FN3O3S. The van der Waals surface area contributed by atoms with Gasteiger partial charge in [0.05, 0.1) is 4.90 Å². The standard InChI is InChI=1S/C26H30FN3O3S/c1-29-17-24(18-11-13-30(14-12-18)26(31)19-5-2-3-6-19)23-16-21(9-10-25(23)29)28-34(32,33)22-8-4-7-20(27)15-22/h4,7-10,15-19,28H,2-3,5-6,11-14H2,1H3. The van der Waals surface area contributed by atoms with Gasteiger partial charge in [-0.25, -0.2) is 12.8 Å². The van der Waals surface area contributed by atoms with Crippen LogP contribution in [-0.2, 0) is 21.9 Å². The van der Waals surface area contributed by atoms with Crippen molar-refractivity contribution in [1.29, 1.82) is 0 Å². The predicted octanol–water partition coefficient (Wildman–Crippen LogP) is 5.01. The van der Waals surface area contributed by atoms with Crippen LogP contribution in [0.3, 0.4) is 0 Å². The van der Waals surface area contributed by atoms with Crippen LogP contribution in [0.2, 0.25) is 0 Å². The molecule has 0 spiro atoms. The van der Waals surface area contributed by atoms with Gasteiger partial charge in [0, 0.05) is 48.8 Å². The Kier molecular flexibility index (Phi) is 6.10. The number of hydrogen-bond acceptors (Lipinski definition) is 3. The van der Waals surface area contributed by atoms with Crippen molar-refractivity contribution >= 4 is 32.5 Å². The minimum Gasteiger partial charge on any atom is -0.350 e. The first-order chi connectivity index (χ1) is 16.3. The summed E-state index contributed by atoms with van der Waals surface area (Å²) in [7, 11) is -1.91. The first-order valence-corrected chi connectivity index (χ1v) is 13.5. The Morgan fingerprint density at radius 3 is 2.47 bits per heavy atom. The zero-order chi connectivity index (χ0) is 23.9. The van der Waals surface area contributed by atoms with E-state index in [-0.39, 0.29) is 10.8 Å². The van der Waals surface area contributed by atoms with E-state index < -0.39 is 15.8 Å². The second-order valence-electron chi connectivity index (χ2n) is 9.57. The summed E-state index contributed by atoms with van der Waals surface area (Å²) < 4.78 is 43.7. The van der Waals surface area contributed by atoms with E-state index in [1.807, 2.05) is 24.1 Å². The van der Waals surface area contributed by atoms with Gasteiger partial charge in [-0.1, -0.05) is 18.9 Å². The van der Waals surface area contributed by atoms with E-state index in [0.29, 0.717) is 17.5 Å². The maximum atomic E-state index is 13.6. The summed E-state index contributed by atoms with van der Waals surface area (Å²) in [5.41, 5.74) is 2.64. The Morgan fingerprint density at radius 1 is 1.03 bits per heavy atom. The molecule has 0 atom stereocenters. The van der Waals surface area contributed by atoms with Gasteiger partial charge in [0.2, 0.25) is 5.91 Å². The topological polar surface area (TPSA) is 71.4 Å². The highest BCUT2D eigenvalue weighted by molar-refractivity contribution is 7.92. The van der Waals surface area contributed by atoms with E-state index in [1.54, 1.807) is 6.07 Å². The first kappa shape index (κ1) is 22.9. The fourth-order valence-corrected chi connectivity index (χ4v) is 6.58. The van der Waals surface area contributed by atoms with Gasteiger partial charge in [0.25, 0.3) is 10.0 Å². The highest BCUT2D eigenvalue weighted by Crippen LogP contribution is 2.37. The fourth-order valence-electron chi connectivity index (χ4n) is 5.50. The van der Waals surface area contributed by atoms with E-state index in [9.17, 15) is 17.6 Å². The van der Waals surface area contributed by atoms with Gasteiger partial charge in [0.1, 0.15) is 5.82 Å². The third-order valence-electron chi connectivity index (χ3n) is 7.33. The molecule has 180 valence electrons. The fraction of sp³-hybridized carbons (Fsp3) is 0.423. The Morgan fingerprint density at radius 2 is 1.76 bits per heavy atom. The van der Waals surface area contributed by atoms with Crippen LogP contribution in [0.1, 0.15) is 50.0 Å². The number of anilines is 1. The molecule has 1 N–H and O–H groups in total. The molecule has 0 bridgehead atoms. The normalized spacial score (nSPS) is 18.0. The number of carbonyl (C=O) groups is 1. The lowest BCUT2D eigenvalue weighted by Gasteiger charge is -2.33. The zero-order valence-corrected chi connectivity index (χ0v) is 20.2. The molecule has 0 unspecified atom stereocenters. The molecule has 3 aromatic rings. The largest absolute Gasteiger partial charge is 0.350 e.